The Labute approximate surface area is 162 Å². The second-order valence-corrected chi connectivity index (χ2v) is 8.19. The molecule has 3 aromatic rings. The van der Waals surface area contributed by atoms with E-state index in [1.807, 2.05) is 0 Å². The summed E-state index contributed by atoms with van der Waals surface area (Å²) >= 11 is 2.88. The topological polar surface area (TPSA) is 117 Å². The highest BCUT2D eigenvalue weighted by molar-refractivity contribution is 7.18. The Hall–Kier alpha value is -2.59. The predicted octanol–water partition coefficient (Wildman–Crippen LogP) is 1.62. The lowest BCUT2D eigenvalue weighted by molar-refractivity contribution is -0.124. The molecule has 0 saturated heterocycles. The van der Waals surface area contributed by atoms with Crippen molar-refractivity contribution in [3.63, 3.8) is 0 Å². The fourth-order valence-corrected chi connectivity index (χ4v) is 4.94. The summed E-state index contributed by atoms with van der Waals surface area (Å²) in [5.41, 5.74) is 1.01. The van der Waals surface area contributed by atoms with Gasteiger partial charge in [-0.15, -0.1) is 22.7 Å². The number of amides is 2. The maximum atomic E-state index is 12.4. The van der Waals surface area contributed by atoms with Crippen molar-refractivity contribution in [3.8, 4) is 0 Å². The predicted molar refractivity (Wildman–Crippen MR) is 104 cm³/mol. The van der Waals surface area contributed by atoms with Crippen LogP contribution in [0.4, 0.5) is 5.13 Å². The van der Waals surface area contributed by atoms with E-state index in [1.165, 1.54) is 16.2 Å². The molecule has 1 aliphatic rings. The van der Waals surface area contributed by atoms with Crippen LogP contribution in [0.1, 0.15) is 29.1 Å². The summed E-state index contributed by atoms with van der Waals surface area (Å²) in [5, 5.41) is 8.10. The Morgan fingerprint density at radius 1 is 1.26 bits per heavy atom. The summed E-state index contributed by atoms with van der Waals surface area (Å²) in [6, 6.07) is 0. The van der Waals surface area contributed by atoms with E-state index in [2.05, 4.69) is 25.6 Å². The van der Waals surface area contributed by atoms with Crippen LogP contribution in [-0.2, 0) is 28.9 Å². The van der Waals surface area contributed by atoms with E-state index in [0.29, 0.717) is 22.8 Å². The first-order valence-electron chi connectivity index (χ1n) is 8.59. The lowest BCUT2D eigenvalue weighted by Gasteiger charge is -2.05. The van der Waals surface area contributed by atoms with Gasteiger partial charge in [0.15, 0.2) is 5.13 Å². The monoisotopic (exact) mass is 403 g/mol. The summed E-state index contributed by atoms with van der Waals surface area (Å²) in [7, 11) is 0. The Kier molecular flexibility index (Phi) is 4.99. The first kappa shape index (κ1) is 17.8. The van der Waals surface area contributed by atoms with Gasteiger partial charge in [0.2, 0.25) is 11.8 Å². The first-order valence-corrected chi connectivity index (χ1v) is 10.3. The van der Waals surface area contributed by atoms with Crippen molar-refractivity contribution in [1.82, 2.24) is 20.3 Å². The van der Waals surface area contributed by atoms with Crippen molar-refractivity contribution in [2.75, 3.05) is 11.9 Å². The molecule has 1 aliphatic carbocycles. The van der Waals surface area contributed by atoms with E-state index >= 15 is 0 Å². The van der Waals surface area contributed by atoms with E-state index in [0.717, 1.165) is 29.7 Å². The molecule has 3 N–H and O–H groups in total. The van der Waals surface area contributed by atoms with Crippen LogP contribution in [0.3, 0.4) is 0 Å². The number of aromatic nitrogens is 3. The zero-order valence-corrected chi connectivity index (χ0v) is 16.0. The van der Waals surface area contributed by atoms with Crippen LogP contribution in [0, 0.1) is 0 Å². The van der Waals surface area contributed by atoms with E-state index in [4.69, 9.17) is 0 Å². The zero-order chi connectivity index (χ0) is 18.8. The maximum absolute atomic E-state index is 12.4. The van der Waals surface area contributed by atoms with Gasteiger partial charge >= 0.3 is 0 Å². The highest BCUT2D eigenvalue weighted by Gasteiger charge is 2.21. The van der Waals surface area contributed by atoms with Crippen LogP contribution >= 0.6 is 22.7 Å². The van der Waals surface area contributed by atoms with Crippen LogP contribution in [0.5, 0.6) is 0 Å². The third-order valence-electron chi connectivity index (χ3n) is 4.34. The number of thiazole rings is 1. The van der Waals surface area contributed by atoms with Crippen LogP contribution < -0.4 is 16.2 Å². The van der Waals surface area contributed by atoms with Crippen molar-refractivity contribution >= 4 is 49.8 Å². The van der Waals surface area contributed by atoms with Crippen molar-refractivity contribution in [2.24, 2.45) is 0 Å². The van der Waals surface area contributed by atoms with Gasteiger partial charge in [0.1, 0.15) is 10.7 Å². The molecule has 140 valence electrons. The third kappa shape index (κ3) is 3.91. The van der Waals surface area contributed by atoms with Gasteiger partial charge < -0.3 is 15.6 Å². The van der Waals surface area contributed by atoms with Crippen LogP contribution in [0.15, 0.2) is 16.4 Å². The Bertz CT molecular complexity index is 1050. The number of aryl methyl sites for hydroxylation is 3. The fourth-order valence-electron chi connectivity index (χ4n) is 3.11. The zero-order valence-electron chi connectivity index (χ0n) is 14.3. The fraction of sp³-hybridized carbons (Fsp3) is 0.353. The van der Waals surface area contributed by atoms with Crippen LogP contribution in [0.2, 0.25) is 0 Å². The SMILES string of the molecule is O=C(CCc1nc2sc3c(c2c(=O)[nH]1)CCC3)NCC(=O)Nc1nccs1. The highest BCUT2D eigenvalue weighted by Crippen LogP contribution is 2.34. The molecule has 2 amide bonds. The molecule has 0 radical (unpaired) electrons. The van der Waals surface area contributed by atoms with Crippen molar-refractivity contribution in [1.29, 1.82) is 0 Å². The Morgan fingerprint density at radius 3 is 2.96 bits per heavy atom. The van der Waals surface area contributed by atoms with Gasteiger partial charge in [-0.05, 0) is 24.8 Å². The summed E-state index contributed by atoms with van der Waals surface area (Å²) < 4.78 is 0. The van der Waals surface area contributed by atoms with Crippen LogP contribution in [0.25, 0.3) is 10.2 Å². The highest BCUT2D eigenvalue weighted by atomic mass is 32.1. The number of carbonyl (C=O) groups is 2. The molecule has 3 heterocycles. The second-order valence-electron chi connectivity index (χ2n) is 6.21. The van der Waals surface area contributed by atoms with Crippen molar-refractivity contribution < 1.29 is 9.59 Å². The minimum Gasteiger partial charge on any atom is -0.347 e. The second kappa shape index (κ2) is 7.57. The molecule has 8 nitrogen and oxygen atoms in total. The molecule has 0 aliphatic heterocycles. The van der Waals surface area contributed by atoms with Gasteiger partial charge in [-0.3, -0.25) is 14.4 Å². The smallest absolute Gasteiger partial charge is 0.259 e. The molecule has 0 bridgehead atoms. The molecule has 0 aromatic carbocycles. The number of hydrogen-bond acceptors (Lipinski definition) is 7. The summed E-state index contributed by atoms with van der Waals surface area (Å²) in [5.74, 6) is -0.116. The summed E-state index contributed by atoms with van der Waals surface area (Å²) in [6.07, 6.45) is 5.08. The quantitative estimate of drug-likeness (QED) is 0.578. The average molecular weight is 403 g/mol. The average Bonchev–Trinajstić information content (AvgIpc) is 3.35. The number of fused-ring (bicyclic) bond motifs is 3. The first-order chi connectivity index (χ1) is 13.1. The molecular weight excluding hydrogens is 386 g/mol. The van der Waals surface area contributed by atoms with E-state index in [9.17, 15) is 14.4 Å². The number of aromatic amines is 1. The lowest BCUT2D eigenvalue weighted by atomic mass is 10.2. The molecule has 4 rings (SSSR count). The molecule has 0 spiro atoms. The standard InChI is InChI=1S/C17H17N5O3S2/c23-12(19-8-13(24)22-17-18-6-7-26-17)5-4-11-20-15(25)14-9-2-1-3-10(9)27-16(14)21-11/h6-7H,1-5,8H2,(H,19,23)(H,18,22,24)(H,20,21,25). The number of H-pyrrole nitrogens is 1. The maximum Gasteiger partial charge on any atom is 0.259 e. The van der Waals surface area contributed by atoms with Gasteiger partial charge in [0.05, 0.1) is 11.9 Å². The normalized spacial score (nSPS) is 12.9. The molecule has 0 saturated carbocycles. The molecule has 27 heavy (non-hydrogen) atoms. The molecular formula is C17H17N5O3S2. The van der Waals surface area contributed by atoms with Crippen molar-refractivity contribution in [3.05, 3.63) is 38.2 Å². The Morgan fingerprint density at radius 2 is 2.15 bits per heavy atom. The van der Waals surface area contributed by atoms with Gasteiger partial charge in [0, 0.05) is 29.3 Å². The molecule has 10 heteroatoms. The number of thiophene rings is 1. The number of carbonyl (C=O) groups excluding carboxylic acids is 2. The lowest BCUT2D eigenvalue weighted by Crippen LogP contribution is -2.33. The van der Waals surface area contributed by atoms with Gasteiger partial charge in [-0.25, -0.2) is 9.97 Å². The number of nitrogens with one attached hydrogen (secondary N) is 3. The van der Waals surface area contributed by atoms with Crippen molar-refractivity contribution in [2.45, 2.75) is 32.1 Å². The van der Waals surface area contributed by atoms with Gasteiger partial charge in [-0.2, -0.15) is 0 Å². The molecule has 3 aromatic heterocycles. The number of nitrogens with zero attached hydrogens (tertiary/aromatic N) is 2. The van der Waals surface area contributed by atoms with Crippen LogP contribution in [-0.4, -0.2) is 33.3 Å². The molecule has 0 atom stereocenters. The minimum atomic E-state index is -0.334. The molecule has 0 fully saturated rings. The minimum absolute atomic E-state index is 0.126. The third-order valence-corrected chi connectivity index (χ3v) is 6.21. The van der Waals surface area contributed by atoms with E-state index < -0.39 is 0 Å². The molecule has 0 unspecified atom stereocenters. The summed E-state index contributed by atoms with van der Waals surface area (Å²) in [4.78, 5) is 49.3. The number of hydrogen-bond donors (Lipinski definition) is 3. The van der Waals surface area contributed by atoms with E-state index in [1.54, 1.807) is 22.9 Å². The largest absolute Gasteiger partial charge is 0.347 e. The van der Waals surface area contributed by atoms with Gasteiger partial charge in [-0.1, -0.05) is 0 Å². The summed E-state index contributed by atoms with van der Waals surface area (Å²) in [6.45, 7) is -0.126. The van der Waals surface area contributed by atoms with E-state index in [-0.39, 0.29) is 30.3 Å². The number of anilines is 1. The number of rotatable bonds is 6. The Balaban J connectivity index is 1.32. The van der Waals surface area contributed by atoms with Gasteiger partial charge in [0.25, 0.3) is 5.56 Å².